The Morgan fingerprint density at radius 3 is 2.24 bits per heavy atom. The van der Waals surface area contributed by atoms with Gasteiger partial charge in [0.25, 0.3) is 5.91 Å². The summed E-state index contributed by atoms with van der Waals surface area (Å²) in [6.07, 6.45) is 4.03. The summed E-state index contributed by atoms with van der Waals surface area (Å²) in [7, 11) is 0. The van der Waals surface area contributed by atoms with Crippen LogP contribution >= 0.6 is 11.6 Å². The monoisotopic (exact) mass is 520 g/mol. The molecule has 1 aliphatic heterocycles. The Bertz CT molecular complexity index is 1270. The van der Waals surface area contributed by atoms with Gasteiger partial charge in [-0.05, 0) is 62.4 Å². The van der Waals surface area contributed by atoms with E-state index in [1.165, 1.54) is 0 Å². The maximum absolute atomic E-state index is 13.1. The van der Waals surface area contributed by atoms with Gasteiger partial charge in [-0.15, -0.1) is 0 Å². The number of hydrogen-bond acceptors (Lipinski definition) is 6. The third-order valence-electron chi connectivity index (χ3n) is 6.86. The summed E-state index contributed by atoms with van der Waals surface area (Å²) in [6.45, 7) is 1.93. The molecule has 0 aromatic heterocycles. The quantitative estimate of drug-likeness (QED) is 0.503. The number of carbonyl (C=O) groups is 3. The number of hydrogen-bond donors (Lipinski definition) is 2. The number of anilines is 1. The molecule has 192 valence electrons. The van der Waals surface area contributed by atoms with Crippen molar-refractivity contribution < 1.29 is 23.9 Å². The van der Waals surface area contributed by atoms with E-state index in [9.17, 15) is 14.4 Å². The highest BCUT2D eigenvalue weighted by atomic mass is 35.5. The fraction of sp³-hybridized carbons (Fsp3) is 0.345. The van der Waals surface area contributed by atoms with E-state index in [1.54, 1.807) is 24.3 Å². The van der Waals surface area contributed by atoms with Crippen molar-refractivity contribution in [3.8, 4) is 11.5 Å². The van der Waals surface area contributed by atoms with E-state index in [0.29, 0.717) is 47.6 Å². The first-order chi connectivity index (χ1) is 18.0. The van der Waals surface area contributed by atoms with Crippen LogP contribution in [0.2, 0.25) is 5.02 Å². The van der Waals surface area contributed by atoms with Crippen LogP contribution in [0.3, 0.4) is 0 Å². The Hall–Kier alpha value is -3.58. The van der Waals surface area contributed by atoms with Crippen LogP contribution in [0.25, 0.3) is 0 Å². The molecule has 1 amide bonds. The van der Waals surface area contributed by atoms with E-state index >= 15 is 0 Å². The van der Waals surface area contributed by atoms with Crippen molar-refractivity contribution >= 4 is 34.8 Å². The van der Waals surface area contributed by atoms with Crippen molar-refractivity contribution in [2.75, 3.05) is 18.5 Å². The highest BCUT2D eigenvalue weighted by molar-refractivity contribution is 6.32. The molecule has 0 unspecified atom stereocenters. The van der Waals surface area contributed by atoms with Gasteiger partial charge in [-0.2, -0.15) is 0 Å². The summed E-state index contributed by atoms with van der Waals surface area (Å²) in [5.74, 6) is -0.118. The highest BCUT2D eigenvalue weighted by Gasteiger charge is 2.40. The summed E-state index contributed by atoms with van der Waals surface area (Å²) >= 11 is 6.70. The van der Waals surface area contributed by atoms with Crippen molar-refractivity contribution in [2.24, 2.45) is 0 Å². The van der Waals surface area contributed by atoms with Crippen LogP contribution in [-0.4, -0.2) is 30.7 Å². The fourth-order valence-corrected chi connectivity index (χ4v) is 5.60. The lowest BCUT2D eigenvalue weighted by atomic mass is 9.71. The smallest absolute Gasteiger partial charge is 0.262 e. The molecule has 0 atom stereocenters. The second-order valence-electron chi connectivity index (χ2n) is 9.36. The first-order valence-electron chi connectivity index (χ1n) is 12.7. The molecule has 0 radical (unpaired) electrons. The van der Waals surface area contributed by atoms with Gasteiger partial charge in [-0.3, -0.25) is 14.4 Å². The number of halogens is 1. The molecule has 0 bridgehead atoms. The van der Waals surface area contributed by atoms with E-state index < -0.39 is 5.92 Å². The largest absolute Gasteiger partial charge is 0.490 e. The molecule has 2 aliphatic carbocycles. The van der Waals surface area contributed by atoms with Crippen molar-refractivity contribution in [3.05, 3.63) is 75.6 Å². The highest BCUT2D eigenvalue weighted by Crippen LogP contribution is 2.48. The van der Waals surface area contributed by atoms with Gasteiger partial charge >= 0.3 is 0 Å². The van der Waals surface area contributed by atoms with Gasteiger partial charge in [0.2, 0.25) is 0 Å². The van der Waals surface area contributed by atoms with Gasteiger partial charge in [0.15, 0.2) is 29.7 Å². The Morgan fingerprint density at radius 1 is 0.973 bits per heavy atom. The molecule has 0 saturated carbocycles. The van der Waals surface area contributed by atoms with Crippen LogP contribution in [0, 0.1) is 0 Å². The van der Waals surface area contributed by atoms with Gasteiger partial charge in [-0.25, -0.2) is 0 Å². The molecular weight excluding hydrogens is 492 g/mol. The molecule has 0 saturated heterocycles. The standard InChI is InChI=1S/C29H29ClN2O5/c1-2-36-24-15-17(14-19(30)29(24)37-16-25(35)31-18-8-4-3-5-9-18)26-27-20(10-6-12-22(27)33)32-21-11-7-13-23(34)28(21)26/h3-5,8-9,14-15,26,32H,2,6-7,10-13,16H2,1H3,(H,31,35). The Morgan fingerprint density at radius 2 is 1.62 bits per heavy atom. The second kappa shape index (κ2) is 10.8. The number of ketones is 2. The molecule has 5 rings (SSSR count). The number of para-hydroxylation sites is 1. The average Bonchev–Trinajstić information content (AvgIpc) is 2.88. The van der Waals surface area contributed by atoms with Crippen molar-refractivity contribution in [1.29, 1.82) is 0 Å². The third kappa shape index (κ3) is 5.14. The minimum Gasteiger partial charge on any atom is -0.490 e. The summed E-state index contributed by atoms with van der Waals surface area (Å²) in [6, 6.07) is 12.6. The number of rotatable bonds is 7. The molecule has 2 aromatic rings. The molecule has 2 aromatic carbocycles. The third-order valence-corrected chi connectivity index (χ3v) is 7.14. The number of ether oxygens (including phenoxy) is 2. The normalized spacial score (nSPS) is 17.7. The molecule has 3 aliphatic rings. The Balaban J connectivity index is 1.49. The number of Topliss-reactive ketones (excluding diaryl/α,β-unsaturated/α-hetero) is 2. The van der Waals surface area contributed by atoms with Gasteiger partial charge in [-0.1, -0.05) is 29.8 Å². The second-order valence-corrected chi connectivity index (χ2v) is 9.77. The number of nitrogens with one attached hydrogen (secondary N) is 2. The maximum atomic E-state index is 13.1. The van der Waals surface area contributed by atoms with Crippen molar-refractivity contribution in [3.63, 3.8) is 0 Å². The predicted octanol–water partition coefficient (Wildman–Crippen LogP) is 5.46. The topological polar surface area (TPSA) is 93.7 Å². The summed E-state index contributed by atoms with van der Waals surface area (Å²) in [4.78, 5) is 38.7. The Kier molecular flexibility index (Phi) is 7.33. The number of amides is 1. The minimum absolute atomic E-state index is 0.0515. The molecule has 7 nitrogen and oxygen atoms in total. The van der Waals surface area contributed by atoms with Crippen LogP contribution in [0.5, 0.6) is 11.5 Å². The molecule has 37 heavy (non-hydrogen) atoms. The van der Waals surface area contributed by atoms with Crippen LogP contribution < -0.4 is 20.1 Å². The molecule has 0 fully saturated rings. The fourth-order valence-electron chi connectivity index (χ4n) is 5.33. The molecule has 1 heterocycles. The summed E-state index contributed by atoms with van der Waals surface area (Å²) in [5, 5.41) is 6.45. The number of carbonyl (C=O) groups excluding carboxylic acids is 3. The van der Waals surface area contributed by atoms with Gasteiger partial charge in [0, 0.05) is 47.0 Å². The molecule has 2 N–H and O–H groups in total. The lowest BCUT2D eigenvalue weighted by Crippen LogP contribution is -2.36. The zero-order valence-electron chi connectivity index (χ0n) is 20.7. The van der Waals surface area contributed by atoms with Crippen LogP contribution in [0.15, 0.2) is 65.0 Å². The van der Waals surface area contributed by atoms with Crippen LogP contribution in [0.1, 0.15) is 56.9 Å². The van der Waals surface area contributed by atoms with Gasteiger partial charge < -0.3 is 20.1 Å². The minimum atomic E-state index is -0.501. The van der Waals surface area contributed by atoms with E-state index in [-0.39, 0.29) is 34.9 Å². The first-order valence-corrected chi connectivity index (χ1v) is 13.1. The van der Waals surface area contributed by atoms with Crippen LogP contribution in [0.4, 0.5) is 5.69 Å². The molecular formula is C29H29ClN2O5. The summed E-state index contributed by atoms with van der Waals surface area (Å²) < 4.78 is 11.7. The van der Waals surface area contributed by atoms with Crippen molar-refractivity contribution in [2.45, 2.75) is 51.4 Å². The predicted molar refractivity (Wildman–Crippen MR) is 141 cm³/mol. The lowest BCUT2D eigenvalue weighted by Gasteiger charge is -2.37. The average molecular weight is 521 g/mol. The molecule has 8 heteroatoms. The van der Waals surface area contributed by atoms with Crippen LogP contribution in [-0.2, 0) is 14.4 Å². The number of dihydropyridines is 1. The van der Waals surface area contributed by atoms with E-state index in [4.69, 9.17) is 21.1 Å². The SMILES string of the molecule is CCOc1cc(C2C3=C(CCCC3=O)NC3=C2C(=O)CCC3)cc(Cl)c1OCC(=O)Nc1ccccc1. The van der Waals surface area contributed by atoms with Gasteiger partial charge in [0.05, 0.1) is 11.6 Å². The lowest BCUT2D eigenvalue weighted by molar-refractivity contribution is -0.118. The molecule has 0 spiro atoms. The zero-order chi connectivity index (χ0) is 25.9. The number of allylic oxidation sites excluding steroid dienone is 4. The van der Waals surface area contributed by atoms with E-state index in [1.807, 2.05) is 25.1 Å². The van der Waals surface area contributed by atoms with Gasteiger partial charge in [0.1, 0.15) is 0 Å². The van der Waals surface area contributed by atoms with E-state index in [2.05, 4.69) is 10.6 Å². The first kappa shape index (κ1) is 25.1. The maximum Gasteiger partial charge on any atom is 0.262 e. The number of benzene rings is 2. The van der Waals surface area contributed by atoms with Crippen molar-refractivity contribution in [1.82, 2.24) is 5.32 Å². The Labute approximate surface area is 220 Å². The summed E-state index contributed by atoms with van der Waals surface area (Å²) in [5.41, 5.74) is 4.48. The van der Waals surface area contributed by atoms with E-state index in [0.717, 1.165) is 37.1 Å². The zero-order valence-corrected chi connectivity index (χ0v) is 21.5.